The van der Waals surface area contributed by atoms with Gasteiger partial charge in [0, 0.05) is 30.1 Å². The van der Waals surface area contributed by atoms with Gasteiger partial charge in [0.15, 0.2) is 11.6 Å². The number of halogens is 3. The maximum atomic E-state index is 14.0. The Balaban J connectivity index is 2.07. The van der Waals surface area contributed by atoms with E-state index in [1.807, 2.05) is 30.3 Å². The lowest BCUT2D eigenvalue weighted by atomic mass is 10.0. The summed E-state index contributed by atoms with van der Waals surface area (Å²) >= 11 is 6.16. The number of amides is 2. The van der Waals surface area contributed by atoms with E-state index >= 15 is 0 Å². The van der Waals surface area contributed by atoms with Gasteiger partial charge < -0.3 is 10.2 Å². The van der Waals surface area contributed by atoms with E-state index in [4.69, 9.17) is 11.6 Å². The molecule has 0 aliphatic heterocycles. The van der Waals surface area contributed by atoms with Crippen LogP contribution in [0.4, 0.5) is 14.5 Å². The number of benzene rings is 3. The van der Waals surface area contributed by atoms with Crippen LogP contribution in [0.1, 0.15) is 25.0 Å². The first kappa shape index (κ1) is 30.0. The molecule has 11 heteroatoms. The highest BCUT2D eigenvalue weighted by Crippen LogP contribution is 2.23. The average molecular weight is 578 g/mol. The number of carbonyl (C=O) groups is 2. The zero-order valence-electron chi connectivity index (χ0n) is 21.8. The van der Waals surface area contributed by atoms with Crippen molar-refractivity contribution in [1.29, 1.82) is 0 Å². The number of anilines is 1. The van der Waals surface area contributed by atoms with Gasteiger partial charge in [-0.25, -0.2) is 17.2 Å². The SMILES string of the molecule is CC(C)NC(=O)C(Cc1ccccc1)N(Cc1cccc(Cl)c1)C(=O)CN(c1ccc(F)c(F)c1)S(C)(=O)=O. The largest absolute Gasteiger partial charge is 0.352 e. The first-order chi connectivity index (χ1) is 18.3. The van der Waals surface area contributed by atoms with Crippen molar-refractivity contribution in [2.24, 2.45) is 0 Å². The minimum atomic E-state index is -4.10. The van der Waals surface area contributed by atoms with Crippen molar-refractivity contribution in [3.05, 3.63) is 101 Å². The van der Waals surface area contributed by atoms with E-state index < -0.39 is 46.1 Å². The van der Waals surface area contributed by atoms with E-state index in [0.717, 1.165) is 24.0 Å². The standard InChI is InChI=1S/C28H30ClF2N3O4S/c1-19(2)32-28(36)26(15-20-8-5-4-6-9-20)33(17-21-10-7-11-22(29)14-21)27(35)18-34(39(3,37)38)23-12-13-24(30)25(31)16-23/h4-14,16,19,26H,15,17-18H2,1-3H3,(H,32,36). The molecule has 3 aromatic rings. The number of rotatable bonds is 11. The zero-order chi connectivity index (χ0) is 28.7. The third-order valence-corrected chi connectivity index (χ3v) is 7.19. The molecular weight excluding hydrogens is 548 g/mol. The Labute approximate surface area is 232 Å². The summed E-state index contributed by atoms with van der Waals surface area (Å²) in [5, 5.41) is 3.26. The van der Waals surface area contributed by atoms with E-state index in [1.54, 1.807) is 38.1 Å². The van der Waals surface area contributed by atoms with E-state index in [9.17, 15) is 26.8 Å². The highest BCUT2D eigenvalue weighted by molar-refractivity contribution is 7.92. The predicted molar refractivity (Wildman–Crippen MR) is 148 cm³/mol. The van der Waals surface area contributed by atoms with E-state index in [2.05, 4.69) is 5.32 Å². The van der Waals surface area contributed by atoms with Crippen molar-refractivity contribution in [3.8, 4) is 0 Å². The van der Waals surface area contributed by atoms with Gasteiger partial charge >= 0.3 is 0 Å². The number of sulfonamides is 1. The molecule has 0 fully saturated rings. The lowest BCUT2D eigenvalue weighted by molar-refractivity contribution is -0.140. The van der Waals surface area contributed by atoms with Crippen LogP contribution in [0.15, 0.2) is 72.8 Å². The summed E-state index contributed by atoms with van der Waals surface area (Å²) in [6, 6.07) is 17.1. The van der Waals surface area contributed by atoms with Crippen LogP contribution in [-0.2, 0) is 32.6 Å². The van der Waals surface area contributed by atoms with Gasteiger partial charge in [0.05, 0.1) is 11.9 Å². The molecule has 0 bridgehead atoms. The third-order valence-electron chi connectivity index (χ3n) is 5.81. The molecule has 0 aliphatic carbocycles. The molecule has 0 saturated heterocycles. The molecule has 7 nitrogen and oxygen atoms in total. The molecule has 0 saturated carbocycles. The van der Waals surface area contributed by atoms with Gasteiger partial charge in [-0.2, -0.15) is 0 Å². The van der Waals surface area contributed by atoms with Crippen molar-refractivity contribution in [3.63, 3.8) is 0 Å². The highest BCUT2D eigenvalue weighted by Gasteiger charge is 2.33. The molecule has 1 atom stereocenters. The van der Waals surface area contributed by atoms with Crippen LogP contribution >= 0.6 is 11.6 Å². The lowest BCUT2D eigenvalue weighted by Crippen LogP contribution is -2.54. The van der Waals surface area contributed by atoms with Crippen LogP contribution < -0.4 is 9.62 Å². The minimum absolute atomic E-state index is 0.0577. The van der Waals surface area contributed by atoms with Gasteiger partial charge in [0.2, 0.25) is 21.8 Å². The molecule has 39 heavy (non-hydrogen) atoms. The minimum Gasteiger partial charge on any atom is -0.352 e. The van der Waals surface area contributed by atoms with Crippen LogP contribution in [0.2, 0.25) is 5.02 Å². The van der Waals surface area contributed by atoms with Crippen molar-refractivity contribution < 1.29 is 26.8 Å². The van der Waals surface area contributed by atoms with Gasteiger partial charge in [-0.3, -0.25) is 13.9 Å². The van der Waals surface area contributed by atoms with Crippen LogP contribution in [-0.4, -0.2) is 50.0 Å². The Bertz CT molecular complexity index is 1420. The number of hydrogen-bond donors (Lipinski definition) is 1. The number of carbonyl (C=O) groups excluding carboxylic acids is 2. The Morgan fingerprint density at radius 3 is 2.18 bits per heavy atom. The van der Waals surface area contributed by atoms with Crippen molar-refractivity contribution in [2.45, 2.75) is 38.9 Å². The van der Waals surface area contributed by atoms with Gasteiger partial charge in [-0.15, -0.1) is 0 Å². The van der Waals surface area contributed by atoms with Gasteiger partial charge in [0.25, 0.3) is 0 Å². The summed E-state index contributed by atoms with van der Waals surface area (Å²) in [6.07, 6.45) is 1.01. The molecule has 3 rings (SSSR count). The van der Waals surface area contributed by atoms with Crippen LogP contribution in [0.3, 0.4) is 0 Å². The molecule has 0 spiro atoms. The summed E-state index contributed by atoms with van der Waals surface area (Å²) in [5.74, 6) is -3.56. The maximum Gasteiger partial charge on any atom is 0.244 e. The smallest absolute Gasteiger partial charge is 0.244 e. The van der Waals surface area contributed by atoms with Gasteiger partial charge in [-0.1, -0.05) is 54.1 Å². The molecule has 3 aromatic carbocycles. The van der Waals surface area contributed by atoms with Crippen LogP contribution in [0.5, 0.6) is 0 Å². The molecule has 1 N–H and O–H groups in total. The number of nitrogens with one attached hydrogen (secondary N) is 1. The van der Waals surface area contributed by atoms with Gasteiger partial charge in [0.1, 0.15) is 12.6 Å². The summed E-state index contributed by atoms with van der Waals surface area (Å²) < 4.78 is 53.6. The average Bonchev–Trinajstić information content (AvgIpc) is 2.86. The van der Waals surface area contributed by atoms with Gasteiger partial charge in [-0.05, 0) is 49.2 Å². The summed E-state index contributed by atoms with van der Waals surface area (Å²) in [4.78, 5) is 28.6. The molecule has 0 heterocycles. The highest BCUT2D eigenvalue weighted by atomic mass is 35.5. The third kappa shape index (κ3) is 8.49. The first-order valence-corrected chi connectivity index (χ1v) is 14.4. The number of hydrogen-bond acceptors (Lipinski definition) is 4. The maximum absolute atomic E-state index is 14.0. The second kappa shape index (κ2) is 13.0. The summed E-state index contributed by atoms with van der Waals surface area (Å²) in [7, 11) is -4.10. The fraction of sp³-hybridized carbons (Fsp3) is 0.286. The quantitative estimate of drug-likeness (QED) is 0.362. The second-order valence-electron chi connectivity index (χ2n) is 9.39. The van der Waals surface area contributed by atoms with Crippen molar-refractivity contribution in [2.75, 3.05) is 17.1 Å². The van der Waals surface area contributed by atoms with E-state index in [-0.39, 0.29) is 24.7 Å². The predicted octanol–water partition coefficient (Wildman–Crippen LogP) is 4.55. The van der Waals surface area contributed by atoms with E-state index in [0.29, 0.717) is 21.0 Å². The van der Waals surface area contributed by atoms with Crippen molar-refractivity contribution >= 4 is 39.1 Å². The van der Waals surface area contributed by atoms with Crippen LogP contribution in [0, 0.1) is 11.6 Å². The topological polar surface area (TPSA) is 86.8 Å². The Kier molecular flexibility index (Phi) is 10.0. The molecular formula is C28H30ClF2N3O4S. The Hall–Kier alpha value is -3.50. The molecule has 1 unspecified atom stereocenters. The van der Waals surface area contributed by atoms with Crippen LogP contribution in [0.25, 0.3) is 0 Å². The fourth-order valence-electron chi connectivity index (χ4n) is 4.02. The molecule has 2 amide bonds. The first-order valence-electron chi connectivity index (χ1n) is 12.2. The fourth-order valence-corrected chi connectivity index (χ4v) is 5.07. The second-order valence-corrected chi connectivity index (χ2v) is 11.7. The Morgan fingerprint density at radius 2 is 1.59 bits per heavy atom. The lowest BCUT2D eigenvalue weighted by Gasteiger charge is -2.34. The van der Waals surface area contributed by atoms with E-state index in [1.165, 1.54) is 4.90 Å². The molecule has 0 aromatic heterocycles. The normalized spacial score (nSPS) is 12.2. The summed E-state index contributed by atoms with van der Waals surface area (Å²) in [6.45, 7) is 2.77. The molecule has 208 valence electrons. The molecule has 0 aliphatic rings. The van der Waals surface area contributed by atoms with Crippen molar-refractivity contribution in [1.82, 2.24) is 10.2 Å². The Morgan fingerprint density at radius 1 is 0.923 bits per heavy atom. The monoisotopic (exact) mass is 577 g/mol. The summed E-state index contributed by atoms with van der Waals surface area (Å²) in [5.41, 5.74) is 1.18. The number of nitrogens with zero attached hydrogens (tertiary/aromatic N) is 2. The zero-order valence-corrected chi connectivity index (χ0v) is 23.3. The molecule has 0 radical (unpaired) electrons.